The second-order valence-corrected chi connectivity index (χ2v) is 11.1. The standard InChI is InChI=1S/C34H32FN7O4/c1-2-40-22-37-18-27(40)19-42-30-16-26(34(44)45)7-8-29(30)38-32(42)20-39-10-12-41(13-11-39)33(43)25-5-3-4-24(14-25)21-46-31-9-6-23(17-36)15-28(31)35/h3-9,14-16,18,22H,2,10-13,19-21H2,1H3,(H,44,45). The van der Waals surface area contributed by atoms with Crippen LogP contribution in [0.4, 0.5) is 4.39 Å². The Morgan fingerprint density at radius 3 is 2.59 bits per heavy atom. The Morgan fingerprint density at radius 2 is 1.85 bits per heavy atom. The fourth-order valence-electron chi connectivity index (χ4n) is 5.66. The minimum absolute atomic E-state index is 0.0405. The van der Waals surface area contributed by atoms with Crippen molar-refractivity contribution in [1.29, 1.82) is 5.26 Å². The van der Waals surface area contributed by atoms with E-state index in [2.05, 4.69) is 14.5 Å². The van der Waals surface area contributed by atoms with Gasteiger partial charge in [0.2, 0.25) is 0 Å². The van der Waals surface area contributed by atoms with E-state index in [0.29, 0.717) is 44.8 Å². The summed E-state index contributed by atoms with van der Waals surface area (Å²) in [5.41, 5.74) is 4.13. The third-order valence-electron chi connectivity index (χ3n) is 8.19. The fraction of sp³-hybridized carbons (Fsp3) is 0.265. The van der Waals surface area contributed by atoms with Gasteiger partial charge in [-0.3, -0.25) is 9.69 Å². The summed E-state index contributed by atoms with van der Waals surface area (Å²) in [6.07, 6.45) is 3.60. The highest BCUT2D eigenvalue weighted by Crippen LogP contribution is 2.23. The van der Waals surface area contributed by atoms with Crippen molar-refractivity contribution in [3.8, 4) is 11.8 Å². The first-order chi connectivity index (χ1) is 22.3. The van der Waals surface area contributed by atoms with Crippen molar-refractivity contribution in [2.75, 3.05) is 26.2 Å². The van der Waals surface area contributed by atoms with Gasteiger partial charge in [0.15, 0.2) is 11.6 Å². The van der Waals surface area contributed by atoms with Crippen LogP contribution >= 0.6 is 0 Å². The quantitative estimate of drug-likeness (QED) is 0.241. The second-order valence-electron chi connectivity index (χ2n) is 11.1. The molecular weight excluding hydrogens is 589 g/mol. The molecule has 1 amide bonds. The van der Waals surface area contributed by atoms with E-state index >= 15 is 0 Å². The fourth-order valence-corrected chi connectivity index (χ4v) is 5.66. The van der Waals surface area contributed by atoms with Gasteiger partial charge >= 0.3 is 5.97 Å². The number of carbonyl (C=O) groups is 2. The highest BCUT2D eigenvalue weighted by molar-refractivity contribution is 5.94. The molecule has 46 heavy (non-hydrogen) atoms. The largest absolute Gasteiger partial charge is 0.486 e. The van der Waals surface area contributed by atoms with Gasteiger partial charge in [-0.15, -0.1) is 0 Å². The van der Waals surface area contributed by atoms with Crippen LogP contribution in [-0.2, 0) is 26.2 Å². The van der Waals surface area contributed by atoms with Crippen LogP contribution in [0.2, 0.25) is 0 Å². The number of ether oxygens (including phenoxy) is 1. The third kappa shape index (κ3) is 6.45. The van der Waals surface area contributed by atoms with Crippen molar-refractivity contribution in [2.24, 2.45) is 0 Å². The summed E-state index contributed by atoms with van der Waals surface area (Å²) in [6.45, 7) is 6.27. The van der Waals surface area contributed by atoms with Crippen molar-refractivity contribution in [1.82, 2.24) is 28.9 Å². The average Bonchev–Trinajstić information content (AvgIpc) is 3.67. The number of carboxylic acid groups (broad SMARTS) is 1. The molecule has 12 heteroatoms. The number of aromatic nitrogens is 4. The number of hydrogen-bond acceptors (Lipinski definition) is 7. The molecule has 0 saturated carbocycles. The van der Waals surface area contributed by atoms with Gasteiger partial charge < -0.3 is 23.9 Å². The molecule has 0 spiro atoms. The van der Waals surface area contributed by atoms with Crippen LogP contribution in [0.1, 0.15) is 50.3 Å². The van der Waals surface area contributed by atoms with E-state index < -0.39 is 11.8 Å². The van der Waals surface area contributed by atoms with Crippen LogP contribution in [0.25, 0.3) is 11.0 Å². The summed E-state index contributed by atoms with van der Waals surface area (Å²) in [5.74, 6) is -0.843. The first kappa shape index (κ1) is 30.5. The van der Waals surface area contributed by atoms with Gasteiger partial charge in [0.1, 0.15) is 12.4 Å². The lowest BCUT2D eigenvalue weighted by atomic mass is 10.1. The topological polar surface area (TPSA) is 130 Å². The molecule has 234 valence electrons. The van der Waals surface area contributed by atoms with Gasteiger partial charge in [-0.1, -0.05) is 12.1 Å². The summed E-state index contributed by atoms with van der Waals surface area (Å²) >= 11 is 0. The van der Waals surface area contributed by atoms with Gasteiger partial charge in [-0.2, -0.15) is 5.26 Å². The normalized spacial score (nSPS) is 13.5. The number of fused-ring (bicyclic) bond motifs is 1. The first-order valence-corrected chi connectivity index (χ1v) is 15.0. The van der Waals surface area contributed by atoms with Crippen molar-refractivity contribution in [3.63, 3.8) is 0 Å². The number of nitriles is 1. The van der Waals surface area contributed by atoms with Crippen molar-refractivity contribution < 1.29 is 23.8 Å². The molecule has 1 fully saturated rings. The molecule has 5 aromatic rings. The number of aryl methyl sites for hydroxylation is 1. The van der Waals surface area contributed by atoms with E-state index in [1.54, 1.807) is 42.7 Å². The molecular formula is C34H32FN7O4. The lowest BCUT2D eigenvalue weighted by Gasteiger charge is -2.34. The Morgan fingerprint density at radius 1 is 1.02 bits per heavy atom. The smallest absolute Gasteiger partial charge is 0.335 e. The summed E-state index contributed by atoms with van der Waals surface area (Å²) in [4.78, 5) is 38.4. The van der Waals surface area contributed by atoms with E-state index in [1.165, 1.54) is 12.1 Å². The molecule has 1 aliphatic rings. The van der Waals surface area contributed by atoms with Crippen LogP contribution < -0.4 is 4.74 Å². The molecule has 1 aliphatic heterocycles. The minimum atomic E-state index is -0.992. The zero-order chi connectivity index (χ0) is 32.2. The highest BCUT2D eigenvalue weighted by Gasteiger charge is 2.24. The van der Waals surface area contributed by atoms with Crippen molar-refractivity contribution >= 4 is 22.9 Å². The molecule has 0 unspecified atom stereocenters. The Bertz CT molecular complexity index is 1950. The van der Waals surface area contributed by atoms with Crippen molar-refractivity contribution in [3.05, 3.63) is 113 Å². The Kier molecular flexibility index (Phi) is 8.76. The number of aromatic carboxylic acids is 1. The monoisotopic (exact) mass is 621 g/mol. The summed E-state index contributed by atoms with van der Waals surface area (Å²) < 4.78 is 23.9. The van der Waals surface area contributed by atoms with Crippen LogP contribution in [-0.4, -0.2) is 72.1 Å². The van der Waals surface area contributed by atoms with E-state index in [4.69, 9.17) is 15.0 Å². The number of nitrogens with zero attached hydrogens (tertiary/aromatic N) is 7. The van der Waals surface area contributed by atoms with E-state index in [-0.39, 0.29) is 29.4 Å². The lowest BCUT2D eigenvalue weighted by molar-refractivity contribution is 0.0623. The van der Waals surface area contributed by atoms with Gasteiger partial charge in [0.25, 0.3) is 5.91 Å². The summed E-state index contributed by atoms with van der Waals surface area (Å²) in [6, 6.07) is 18.0. The first-order valence-electron chi connectivity index (χ1n) is 15.0. The average molecular weight is 622 g/mol. The molecule has 3 aromatic carbocycles. The number of halogens is 1. The van der Waals surface area contributed by atoms with E-state index in [0.717, 1.165) is 40.7 Å². The number of carbonyl (C=O) groups excluding carboxylic acids is 1. The summed E-state index contributed by atoms with van der Waals surface area (Å²) in [5, 5.41) is 18.5. The zero-order valence-electron chi connectivity index (χ0n) is 25.3. The van der Waals surface area contributed by atoms with Gasteiger partial charge in [0.05, 0.1) is 53.3 Å². The Labute approximate surface area is 264 Å². The lowest BCUT2D eigenvalue weighted by Crippen LogP contribution is -2.48. The van der Waals surface area contributed by atoms with Crippen LogP contribution in [0.3, 0.4) is 0 Å². The molecule has 1 N–H and O–H groups in total. The van der Waals surface area contributed by atoms with E-state index in [9.17, 15) is 19.1 Å². The number of hydrogen-bond donors (Lipinski definition) is 1. The minimum Gasteiger partial charge on any atom is -0.486 e. The highest BCUT2D eigenvalue weighted by atomic mass is 19.1. The van der Waals surface area contributed by atoms with Crippen LogP contribution in [0.5, 0.6) is 5.75 Å². The SMILES string of the molecule is CCn1cncc1Cn1c(CN2CCN(C(=O)c3cccc(COc4ccc(C#N)cc4F)c3)CC2)nc2ccc(C(=O)O)cc21. The molecule has 2 aromatic heterocycles. The maximum absolute atomic E-state index is 14.2. The maximum Gasteiger partial charge on any atom is 0.335 e. The zero-order valence-corrected chi connectivity index (χ0v) is 25.3. The number of piperazine rings is 1. The molecule has 0 radical (unpaired) electrons. The number of rotatable bonds is 10. The second kappa shape index (κ2) is 13.2. The summed E-state index contributed by atoms with van der Waals surface area (Å²) in [7, 11) is 0. The molecule has 0 bridgehead atoms. The Balaban J connectivity index is 1.12. The van der Waals surface area contributed by atoms with Crippen LogP contribution in [0.15, 0.2) is 73.2 Å². The predicted molar refractivity (Wildman–Crippen MR) is 167 cm³/mol. The van der Waals surface area contributed by atoms with Crippen LogP contribution in [0, 0.1) is 17.1 Å². The molecule has 11 nitrogen and oxygen atoms in total. The Hall–Kier alpha value is -5.54. The predicted octanol–water partition coefficient (Wildman–Crippen LogP) is 4.55. The number of amides is 1. The van der Waals surface area contributed by atoms with Gasteiger partial charge in [-0.25, -0.2) is 19.2 Å². The number of imidazole rings is 2. The maximum atomic E-state index is 14.2. The number of carboxylic acids is 1. The third-order valence-corrected chi connectivity index (χ3v) is 8.19. The van der Waals surface area contributed by atoms with Crippen molar-refractivity contribution in [2.45, 2.75) is 33.2 Å². The van der Waals surface area contributed by atoms with Gasteiger partial charge in [0, 0.05) is 44.5 Å². The van der Waals surface area contributed by atoms with E-state index in [1.807, 2.05) is 34.7 Å². The molecule has 0 aliphatic carbocycles. The molecule has 3 heterocycles. The molecule has 6 rings (SSSR count). The number of benzene rings is 3. The molecule has 0 atom stereocenters. The molecule has 1 saturated heterocycles. The van der Waals surface area contributed by atoms with Gasteiger partial charge in [-0.05, 0) is 61.0 Å².